The number of piperazine rings is 1. The molecule has 1 saturated heterocycles. The molecule has 5 rings (SSSR count). The number of ether oxygens (including phenoxy) is 1. The number of anilines is 1. The molecule has 34 heavy (non-hydrogen) atoms. The fourth-order valence-electron chi connectivity index (χ4n) is 4.34. The molecule has 0 unspecified atom stereocenters. The van der Waals surface area contributed by atoms with Crippen LogP contribution in [-0.4, -0.2) is 67.0 Å². The minimum Gasteiger partial charge on any atom is -0.444 e. The van der Waals surface area contributed by atoms with E-state index in [4.69, 9.17) is 16.4 Å². The zero-order valence-corrected chi connectivity index (χ0v) is 19.9. The van der Waals surface area contributed by atoms with Crippen LogP contribution in [0.1, 0.15) is 52.1 Å². The van der Waals surface area contributed by atoms with Crippen molar-refractivity contribution >= 4 is 28.6 Å². The average molecular weight is 461 g/mol. The van der Waals surface area contributed by atoms with Crippen LogP contribution in [0.4, 0.5) is 16.3 Å². The van der Waals surface area contributed by atoms with E-state index in [1.807, 2.05) is 20.8 Å². The van der Waals surface area contributed by atoms with E-state index in [0.717, 1.165) is 29.7 Å². The van der Waals surface area contributed by atoms with E-state index >= 15 is 0 Å². The molecule has 0 bridgehead atoms. The first kappa shape index (κ1) is 22.1. The molecule has 0 radical (unpaired) electrons. The zero-order valence-electron chi connectivity index (χ0n) is 19.9. The molecule has 0 N–H and O–H groups in total. The van der Waals surface area contributed by atoms with Crippen molar-refractivity contribution in [1.29, 1.82) is 0 Å². The van der Waals surface area contributed by atoms with Gasteiger partial charge in [0, 0.05) is 37.8 Å². The largest absolute Gasteiger partial charge is 0.444 e. The van der Waals surface area contributed by atoms with Crippen LogP contribution in [0.3, 0.4) is 0 Å². The number of carbonyl (C=O) groups excluding carboxylic acids is 1. The van der Waals surface area contributed by atoms with Gasteiger partial charge in [-0.2, -0.15) is 9.78 Å². The van der Waals surface area contributed by atoms with Crippen LogP contribution in [-0.2, 0) is 4.74 Å². The second-order valence-electron chi connectivity index (χ2n) is 9.92. The second kappa shape index (κ2) is 8.24. The van der Waals surface area contributed by atoms with Crippen molar-refractivity contribution in [3.8, 4) is 5.82 Å². The van der Waals surface area contributed by atoms with Gasteiger partial charge in [0.1, 0.15) is 23.6 Å². The van der Waals surface area contributed by atoms with Gasteiger partial charge < -0.3 is 14.5 Å². The van der Waals surface area contributed by atoms with Crippen LogP contribution in [0.2, 0.25) is 0 Å². The van der Waals surface area contributed by atoms with Crippen molar-refractivity contribution in [3.05, 3.63) is 41.8 Å². The van der Waals surface area contributed by atoms with Gasteiger partial charge in [0.2, 0.25) is 0 Å². The van der Waals surface area contributed by atoms with Gasteiger partial charge in [-0.3, -0.25) is 0 Å². The summed E-state index contributed by atoms with van der Waals surface area (Å²) in [5.74, 6) is 1.77. The summed E-state index contributed by atoms with van der Waals surface area (Å²) in [6.07, 6.45) is 5.05. The number of hydrogen-bond donors (Lipinski definition) is 0. The maximum absolute atomic E-state index is 12.6. The molecule has 1 aliphatic carbocycles. The van der Waals surface area contributed by atoms with Crippen molar-refractivity contribution in [2.24, 2.45) is 0 Å². The van der Waals surface area contributed by atoms with Crippen LogP contribution >= 0.6 is 0 Å². The van der Waals surface area contributed by atoms with Gasteiger partial charge in [-0.05, 0) is 52.7 Å². The standard InChI is InChI=1S/C24H28N8O2/c1-15-13-30(23(33)34-24(2,3)4)10-11-31(15)21-19-20(16-6-7-16)29-32(22(19)28-14-27-21)18-12-17(25-5)8-9-26-18/h8-9,12,14-16H,6-7,10-11,13H2,1-4H3/t15-/m0/s1. The number of amides is 1. The molecule has 4 heterocycles. The molecule has 3 aromatic heterocycles. The van der Waals surface area contributed by atoms with Crippen molar-refractivity contribution < 1.29 is 9.53 Å². The maximum atomic E-state index is 12.6. The molecule has 0 aromatic carbocycles. The number of rotatable bonds is 3. The molecule has 3 aromatic rings. The molecule has 10 nitrogen and oxygen atoms in total. The third kappa shape index (κ3) is 4.14. The molecule has 0 spiro atoms. The number of hydrogen-bond acceptors (Lipinski definition) is 7. The van der Waals surface area contributed by atoms with Crippen LogP contribution in [0.5, 0.6) is 0 Å². The van der Waals surface area contributed by atoms with Crippen molar-refractivity contribution in [2.75, 3.05) is 24.5 Å². The lowest BCUT2D eigenvalue weighted by molar-refractivity contribution is 0.0218. The smallest absolute Gasteiger partial charge is 0.410 e. The Morgan fingerprint density at radius 3 is 2.68 bits per heavy atom. The Morgan fingerprint density at radius 1 is 1.21 bits per heavy atom. The van der Waals surface area contributed by atoms with Crippen molar-refractivity contribution in [1.82, 2.24) is 29.6 Å². The highest BCUT2D eigenvalue weighted by molar-refractivity contribution is 5.91. The summed E-state index contributed by atoms with van der Waals surface area (Å²) in [5, 5.41) is 5.83. The number of pyridine rings is 1. The summed E-state index contributed by atoms with van der Waals surface area (Å²) in [6.45, 7) is 16.8. The summed E-state index contributed by atoms with van der Waals surface area (Å²) in [4.78, 5) is 33.8. The summed E-state index contributed by atoms with van der Waals surface area (Å²) in [5.41, 5.74) is 1.64. The highest BCUT2D eigenvalue weighted by atomic mass is 16.6. The Morgan fingerprint density at radius 2 is 2.00 bits per heavy atom. The van der Waals surface area contributed by atoms with Crippen LogP contribution in [0.25, 0.3) is 21.7 Å². The molecule has 2 fully saturated rings. The minimum absolute atomic E-state index is 0.0401. The lowest BCUT2D eigenvalue weighted by Gasteiger charge is -2.41. The van der Waals surface area contributed by atoms with Crippen LogP contribution < -0.4 is 4.90 Å². The summed E-state index contributed by atoms with van der Waals surface area (Å²) in [7, 11) is 0. The van der Waals surface area contributed by atoms with Gasteiger partial charge in [0.25, 0.3) is 0 Å². The number of aromatic nitrogens is 5. The van der Waals surface area contributed by atoms with Gasteiger partial charge in [-0.1, -0.05) is 0 Å². The quantitative estimate of drug-likeness (QED) is 0.544. The molecule has 2 aliphatic rings. The second-order valence-corrected chi connectivity index (χ2v) is 9.92. The highest BCUT2D eigenvalue weighted by Gasteiger charge is 2.35. The predicted octanol–water partition coefficient (Wildman–Crippen LogP) is 4.08. The highest BCUT2D eigenvalue weighted by Crippen LogP contribution is 2.45. The van der Waals surface area contributed by atoms with E-state index in [2.05, 4.69) is 31.6 Å². The van der Waals surface area contributed by atoms with E-state index in [1.54, 1.807) is 34.2 Å². The maximum Gasteiger partial charge on any atom is 0.410 e. The monoisotopic (exact) mass is 460 g/mol. The Balaban J connectivity index is 1.51. The SMILES string of the molecule is [C-]#[N+]c1ccnc(-n2nc(C3CC3)c3c(N4CCN(C(=O)OC(C)(C)C)C[C@@H]4C)ncnc32)c1. The topological polar surface area (TPSA) is 93.6 Å². The van der Waals surface area contributed by atoms with Gasteiger partial charge in [0.05, 0.1) is 17.7 Å². The molecule has 10 heteroatoms. The van der Waals surface area contributed by atoms with Gasteiger partial charge >= 0.3 is 6.09 Å². The Bertz CT molecular complexity index is 1280. The Labute approximate surface area is 198 Å². The van der Waals surface area contributed by atoms with Gasteiger partial charge in [-0.25, -0.2) is 24.6 Å². The summed E-state index contributed by atoms with van der Waals surface area (Å²) in [6, 6.07) is 3.44. The van der Waals surface area contributed by atoms with Crippen LogP contribution in [0, 0.1) is 6.57 Å². The van der Waals surface area contributed by atoms with E-state index < -0.39 is 5.60 Å². The normalized spacial score (nSPS) is 18.7. The van der Waals surface area contributed by atoms with Crippen molar-refractivity contribution in [2.45, 2.75) is 58.1 Å². The average Bonchev–Trinajstić information content (AvgIpc) is 3.57. The number of fused-ring (bicyclic) bond motifs is 1. The molecule has 1 aliphatic heterocycles. The fourth-order valence-corrected chi connectivity index (χ4v) is 4.34. The molecular weight excluding hydrogens is 432 g/mol. The molecule has 176 valence electrons. The lowest BCUT2D eigenvalue weighted by Crippen LogP contribution is -2.54. The van der Waals surface area contributed by atoms with E-state index in [0.29, 0.717) is 42.7 Å². The first-order chi connectivity index (χ1) is 16.2. The minimum atomic E-state index is -0.525. The molecule has 1 amide bonds. The molecule has 1 atom stereocenters. The Hall–Kier alpha value is -3.74. The third-order valence-corrected chi connectivity index (χ3v) is 6.06. The van der Waals surface area contributed by atoms with E-state index in [9.17, 15) is 4.79 Å². The van der Waals surface area contributed by atoms with Crippen molar-refractivity contribution in [3.63, 3.8) is 0 Å². The number of nitrogens with zero attached hydrogens (tertiary/aromatic N) is 8. The zero-order chi connectivity index (χ0) is 24.0. The van der Waals surface area contributed by atoms with Gasteiger partial charge in [-0.15, -0.1) is 0 Å². The van der Waals surface area contributed by atoms with Gasteiger partial charge in [0.15, 0.2) is 11.3 Å². The predicted molar refractivity (Wildman–Crippen MR) is 127 cm³/mol. The number of carbonyl (C=O) groups is 1. The van der Waals surface area contributed by atoms with Crippen LogP contribution in [0.15, 0.2) is 24.7 Å². The fraction of sp³-hybridized carbons (Fsp3) is 0.500. The lowest BCUT2D eigenvalue weighted by atomic mass is 10.1. The summed E-state index contributed by atoms with van der Waals surface area (Å²) >= 11 is 0. The molecular formula is C24H28N8O2. The third-order valence-electron chi connectivity index (χ3n) is 6.06. The summed E-state index contributed by atoms with van der Waals surface area (Å²) < 4.78 is 7.29. The first-order valence-electron chi connectivity index (χ1n) is 11.6. The van der Waals surface area contributed by atoms with E-state index in [-0.39, 0.29) is 12.1 Å². The molecule has 1 saturated carbocycles. The Kier molecular flexibility index (Phi) is 5.35. The van der Waals surface area contributed by atoms with E-state index in [1.165, 1.54) is 0 Å². The first-order valence-corrected chi connectivity index (χ1v) is 11.6.